The number of benzene rings is 1. The van der Waals surface area contributed by atoms with E-state index in [2.05, 4.69) is 5.32 Å². The summed E-state index contributed by atoms with van der Waals surface area (Å²) in [6.45, 7) is 5.00. The number of alkyl carbamates (subject to hydrolysis) is 1. The minimum atomic E-state index is -1.28. The molecule has 164 valence electrons. The molecule has 0 spiro atoms. The van der Waals surface area contributed by atoms with Crippen LogP contribution in [0.25, 0.3) is 10.9 Å². The zero-order chi connectivity index (χ0) is 22.8. The van der Waals surface area contributed by atoms with Gasteiger partial charge in [0.15, 0.2) is 0 Å². The van der Waals surface area contributed by atoms with Gasteiger partial charge in [-0.3, -0.25) is 19.0 Å². The largest absolute Gasteiger partial charge is 0.444 e. The molecule has 1 aromatic carbocycles. The number of fused-ring (bicyclic) bond motifs is 1. The summed E-state index contributed by atoms with van der Waals surface area (Å²) in [5.41, 5.74) is 0.397. The number of hydrogen-bond donors (Lipinski definition) is 1. The molecule has 1 fully saturated rings. The van der Waals surface area contributed by atoms with Gasteiger partial charge in [0.05, 0.1) is 5.52 Å². The number of nitrogens with one attached hydrogen (secondary N) is 1. The van der Waals surface area contributed by atoms with Crippen molar-refractivity contribution in [3.63, 3.8) is 0 Å². The van der Waals surface area contributed by atoms with Crippen LogP contribution in [0.1, 0.15) is 39.2 Å². The van der Waals surface area contributed by atoms with Crippen molar-refractivity contribution in [2.24, 2.45) is 0 Å². The Labute approximate surface area is 178 Å². The van der Waals surface area contributed by atoms with E-state index in [0.717, 1.165) is 0 Å². The van der Waals surface area contributed by atoms with E-state index in [9.17, 15) is 24.0 Å². The second kappa shape index (κ2) is 8.58. The summed E-state index contributed by atoms with van der Waals surface area (Å²) < 4.78 is 6.57. The van der Waals surface area contributed by atoms with Crippen molar-refractivity contribution in [3.05, 3.63) is 36.0 Å². The molecule has 0 radical (unpaired) electrons. The molecular formula is C21H23N3O7. The molecule has 0 bridgehead atoms. The van der Waals surface area contributed by atoms with Crippen LogP contribution >= 0.6 is 0 Å². The molecule has 10 heteroatoms. The van der Waals surface area contributed by atoms with Gasteiger partial charge in [-0.1, -0.05) is 18.2 Å². The zero-order valence-corrected chi connectivity index (χ0v) is 17.4. The van der Waals surface area contributed by atoms with Gasteiger partial charge in [0.2, 0.25) is 6.41 Å². The van der Waals surface area contributed by atoms with Gasteiger partial charge >= 0.3 is 12.1 Å². The van der Waals surface area contributed by atoms with E-state index in [1.165, 1.54) is 4.57 Å². The van der Waals surface area contributed by atoms with E-state index in [1.54, 1.807) is 51.2 Å². The maximum Gasteiger partial charge on any atom is 0.408 e. The summed E-state index contributed by atoms with van der Waals surface area (Å²) in [6, 6.07) is 5.78. The van der Waals surface area contributed by atoms with Crippen molar-refractivity contribution in [2.75, 3.05) is 0 Å². The molecule has 1 aliphatic heterocycles. The van der Waals surface area contributed by atoms with Gasteiger partial charge in [0, 0.05) is 30.8 Å². The number of aromatic nitrogens is 1. The van der Waals surface area contributed by atoms with Gasteiger partial charge in [0.1, 0.15) is 11.6 Å². The predicted octanol–water partition coefficient (Wildman–Crippen LogP) is 1.72. The summed E-state index contributed by atoms with van der Waals surface area (Å²) >= 11 is 0. The van der Waals surface area contributed by atoms with Crippen LogP contribution in [-0.4, -0.2) is 51.6 Å². The first-order valence-corrected chi connectivity index (χ1v) is 9.70. The monoisotopic (exact) mass is 429 g/mol. The average molecular weight is 429 g/mol. The fourth-order valence-corrected chi connectivity index (χ4v) is 3.20. The van der Waals surface area contributed by atoms with Crippen molar-refractivity contribution in [1.29, 1.82) is 0 Å². The Bertz CT molecular complexity index is 1030. The summed E-state index contributed by atoms with van der Waals surface area (Å²) in [4.78, 5) is 65.1. The third-order valence-electron chi connectivity index (χ3n) is 4.52. The summed E-state index contributed by atoms with van der Waals surface area (Å²) in [7, 11) is 0. The number of para-hydroxylation sites is 1. The van der Waals surface area contributed by atoms with Crippen molar-refractivity contribution < 1.29 is 33.5 Å². The second-order valence-electron chi connectivity index (χ2n) is 8.08. The van der Waals surface area contributed by atoms with Crippen molar-refractivity contribution in [1.82, 2.24) is 14.9 Å². The first-order valence-electron chi connectivity index (χ1n) is 9.70. The molecule has 3 rings (SSSR count). The Morgan fingerprint density at radius 2 is 1.81 bits per heavy atom. The molecule has 1 N–H and O–H groups in total. The summed E-state index contributed by atoms with van der Waals surface area (Å²) in [5.74, 6) is -2.27. The Balaban J connectivity index is 1.87. The number of amides is 3. The molecular weight excluding hydrogens is 406 g/mol. The highest BCUT2D eigenvalue weighted by Crippen LogP contribution is 2.22. The van der Waals surface area contributed by atoms with E-state index in [1.807, 2.05) is 0 Å². The highest BCUT2D eigenvalue weighted by Gasteiger charge is 2.36. The van der Waals surface area contributed by atoms with Gasteiger partial charge in [-0.25, -0.2) is 9.59 Å². The number of ether oxygens (including phenoxy) is 1. The predicted molar refractivity (Wildman–Crippen MR) is 108 cm³/mol. The van der Waals surface area contributed by atoms with Gasteiger partial charge in [-0.05, 0) is 32.4 Å². The van der Waals surface area contributed by atoms with Gasteiger partial charge in [0.25, 0.3) is 11.8 Å². The zero-order valence-electron chi connectivity index (χ0n) is 17.4. The molecule has 3 amide bonds. The molecule has 1 saturated heterocycles. The van der Waals surface area contributed by atoms with E-state index in [-0.39, 0.29) is 19.3 Å². The Morgan fingerprint density at radius 1 is 1.16 bits per heavy atom. The molecule has 2 aromatic rings. The third kappa shape index (κ3) is 5.08. The van der Waals surface area contributed by atoms with Crippen LogP contribution < -0.4 is 5.32 Å². The lowest BCUT2D eigenvalue weighted by atomic mass is 10.1. The minimum Gasteiger partial charge on any atom is -0.444 e. The minimum absolute atomic E-state index is 0.0525. The Morgan fingerprint density at radius 3 is 2.42 bits per heavy atom. The molecule has 0 saturated carbocycles. The quantitative estimate of drug-likeness (QED) is 0.548. The van der Waals surface area contributed by atoms with Crippen LogP contribution in [0, 0.1) is 0 Å². The van der Waals surface area contributed by atoms with Crippen LogP contribution in [0.15, 0.2) is 30.5 Å². The van der Waals surface area contributed by atoms with E-state index >= 15 is 0 Å². The summed E-state index contributed by atoms with van der Waals surface area (Å²) in [5, 5.41) is 3.55. The molecule has 1 aliphatic rings. The van der Waals surface area contributed by atoms with Crippen LogP contribution in [0.4, 0.5) is 4.79 Å². The smallest absolute Gasteiger partial charge is 0.408 e. The first kappa shape index (κ1) is 22.0. The van der Waals surface area contributed by atoms with Crippen LogP contribution in [-0.2, 0) is 35.2 Å². The molecule has 0 unspecified atom stereocenters. The lowest BCUT2D eigenvalue weighted by Gasteiger charge is -2.23. The number of rotatable bonds is 6. The topological polar surface area (TPSA) is 124 Å². The highest BCUT2D eigenvalue weighted by molar-refractivity contribution is 6.02. The number of nitrogens with zero attached hydrogens (tertiary/aromatic N) is 2. The third-order valence-corrected chi connectivity index (χ3v) is 4.52. The molecule has 2 heterocycles. The molecule has 10 nitrogen and oxygen atoms in total. The van der Waals surface area contributed by atoms with Crippen LogP contribution in [0.2, 0.25) is 0 Å². The van der Waals surface area contributed by atoms with Gasteiger partial charge < -0.3 is 14.9 Å². The maximum atomic E-state index is 12.8. The van der Waals surface area contributed by atoms with E-state index in [4.69, 9.17) is 9.57 Å². The fraction of sp³-hybridized carbons (Fsp3) is 0.381. The van der Waals surface area contributed by atoms with Gasteiger partial charge in [-0.15, -0.1) is 5.06 Å². The maximum absolute atomic E-state index is 12.8. The van der Waals surface area contributed by atoms with Crippen molar-refractivity contribution in [3.8, 4) is 0 Å². The molecule has 31 heavy (non-hydrogen) atoms. The SMILES string of the molecule is CC(C)(C)OC(=O)N[C@H](Cc1cn(C=O)c2ccccc12)C(=O)ON1C(=O)CCC1=O. The number of carbonyl (C=O) groups is 5. The molecule has 0 aliphatic carbocycles. The van der Waals surface area contributed by atoms with E-state index < -0.39 is 35.5 Å². The normalized spacial score (nSPS) is 15.1. The lowest BCUT2D eigenvalue weighted by Crippen LogP contribution is -2.48. The van der Waals surface area contributed by atoms with Crippen molar-refractivity contribution in [2.45, 2.75) is 51.7 Å². The van der Waals surface area contributed by atoms with Crippen LogP contribution in [0.3, 0.4) is 0 Å². The Hall–Kier alpha value is -3.69. The number of hydrogen-bond acceptors (Lipinski definition) is 7. The lowest BCUT2D eigenvalue weighted by molar-refractivity contribution is -0.198. The highest BCUT2D eigenvalue weighted by atomic mass is 16.7. The summed E-state index contributed by atoms with van der Waals surface area (Å²) in [6.07, 6.45) is 1.14. The average Bonchev–Trinajstić information content (AvgIpc) is 3.20. The Kier molecular flexibility index (Phi) is 6.09. The number of hydroxylamine groups is 2. The second-order valence-corrected chi connectivity index (χ2v) is 8.08. The van der Waals surface area contributed by atoms with Crippen LogP contribution in [0.5, 0.6) is 0 Å². The number of carbonyl (C=O) groups excluding carboxylic acids is 5. The number of imide groups is 1. The first-order chi connectivity index (χ1) is 14.6. The standard InChI is InChI=1S/C21H23N3O7/c1-21(2,3)30-20(29)22-15(19(28)31-24-17(26)8-9-18(24)27)10-13-11-23(12-25)16-7-5-4-6-14(13)16/h4-7,11-12,15H,8-10H2,1-3H3,(H,22,29)/t15-/m1/s1. The van der Waals surface area contributed by atoms with Crippen molar-refractivity contribution >= 4 is 41.2 Å². The molecule has 1 atom stereocenters. The fourth-order valence-electron chi connectivity index (χ4n) is 3.20. The molecule has 1 aromatic heterocycles. The van der Waals surface area contributed by atoms with E-state index in [0.29, 0.717) is 27.9 Å². The van der Waals surface area contributed by atoms with Gasteiger partial charge in [-0.2, -0.15) is 0 Å².